The molecule has 13 heavy (non-hydrogen) atoms. The first kappa shape index (κ1) is 6.91. The fraction of sp³-hybridized carbons (Fsp3) is 0.222. The van der Waals surface area contributed by atoms with Gasteiger partial charge in [0.1, 0.15) is 0 Å². The van der Waals surface area contributed by atoms with Crippen LogP contribution in [0.2, 0.25) is 0 Å². The van der Waals surface area contributed by atoms with Gasteiger partial charge in [-0.2, -0.15) is 0 Å². The van der Waals surface area contributed by atoms with Crippen LogP contribution in [0.15, 0.2) is 30.3 Å². The van der Waals surface area contributed by atoms with Crippen LogP contribution in [0.3, 0.4) is 0 Å². The largest absolute Gasteiger partial charge is 0.513 e. The highest BCUT2D eigenvalue weighted by Crippen LogP contribution is 2.52. The zero-order valence-corrected chi connectivity index (χ0v) is 6.60. The van der Waals surface area contributed by atoms with Crippen molar-refractivity contribution in [1.82, 2.24) is 0 Å². The second-order valence-corrected chi connectivity index (χ2v) is 2.95. The van der Waals surface area contributed by atoms with Gasteiger partial charge in [0.2, 0.25) is 0 Å². The van der Waals surface area contributed by atoms with Crippen LogP contribution in [0.5, 0.6) is 0 Å². The van der Waals surface area contributed by atoms with Crippen LogP contribution in [-0.4, -0.2) is 12.4 Å². The van der Waals surface area contributed by atoms with Crippen molar-refractivity contribution >= 4 is 6.16 Å². The van der Waals surface area contributed by atoms with Crippen molar-refractivity contribution in [2.45, 2.75) is 12.1 Å². The molecule has 0 spiro atoms. The molecule has 2 unspecified atom stereocenters. The van der Waals surface area contributed by atoms with E-state index in [0.29, 0.717) is 0 Å². The van der Waals surface area contributed by atoms with Gasteiger partial charge in [-0.25, -0.2) is 4.79 Å². The number of rotatable bonds is 1. The Balaban J connectivity index is 2.00. The fourth-order valence-corrected chi connectivity index (χ4v) is 1.47. The number of epoxide rings is 1. The predicted octanol–water partition coefficient (Wildman–Crippen LogP) is 1.36. The van der Waals surface area contributed by atoms with Crippen LogP contribution < -0.4 is 0 Å². The topological polar surface area (TPSA) is 48.1 Å². The molecule has 0 saturated carbocycles. The minimum atomic E-state index is -0.946. The Morgan fingerprint density at radius 1 is 1.23 bits per heavy atom. The third-order valence-corrected chi connectivity index (χ3v) is 2.15. The summed E-state index contributed by atoms with van der Waals surface area (Å²) in [5, 5.41) is 0. The second kappa shape index (κ2) is 2.03. The van der Waals surface area contributed by atoms with Crippen LogP contribution in [-0.2, 0) is 20.0 Å². The highest BCUT2D eigenvalue weighted by atomic mass is 17.0. The molecule has 2 saturated heterocycles. The van der Waals surface area contributed by atoms with E-state index < -0.39 is 18.2 Å². The number of carbonyl (C=O) groups excluding carboxylic acids is 1. The van der Waals surface area contributed by atoms with E-state index in [1.54, 1.807) is 0 Å². The van der Waals surface area contributed by atoms with Gasteiger partial charge in [-0.05, 0) is 0 Å². The summed E-state index contributed by atoms with van der Waals surface area (Å²) in [4.78, 5) is 10.7. The first-order valence-corrected chi connectivity index (χ1v) is 3.94. The first-order chi connectivity index (χ1) is 6.31. The van der Waals surface area contributed by atoms with E-state index in [2.05, 4.69) is 0 Å². The normalized spacial score (nSPS) is 34.8. The zero-order chi connectivity index (χ0) is 8.89. The van der Waals surface area contributed by atoms with Crippen LogP contribution in [0, 0.1) is 0 Å². The lowest BCUT2D eigenvalue weighted by Gasteiger charge is -2.05. The smallest absolute Gasteiger partial charge is 0.396 e. The third kappa shape index (κ3) is 0.805. The molecule has 66 valence electrons. The Morgan fingerprint density at radius 3 is 2.62 bits per heavy atom. The number of hydrogen-bond acceptors (Lipinski definition) is 4. The minimum Gasteiger partial charge on any atom is -0.396 e. The van der Waals surface area contributed by atoms with E-state index in [1.165, 1.54) is 0 Å². The fourth-order valence-electron chi connectivity index (χ4n) is 1.47. The maximum absolute atomic E-state index is 10.7. The molecule has 1 aromatic carbocycles. The van der Waals surface area contributed by atoms with E-state index in [1.807, 2.05) is 30.3 Å². The van der Waals surface area contributed by atoms with Crippen molar-refractivity contribution < 1.29 is 19.0 Å². The van der Waals surface area contributed by atoms with Gasteiger partial charge in [0, 0.05) is 5.56 Å². The Morgan fingerprint density at radius 2 is 2.00 bits per heavy atom. The van der Waals surface area contributed by atoms with E-state index in [0.717, 1.165) is 5.56 Å². The van der Waals surface area contributed by atoms with Crippen molar-refractivity contribution in [2.75, 3.05) is 0 Å². The molecule has 0 N–H and O–H groups in total. The summed E-state index contributed by atoms with van der Waals surface area (Å²) in [5.74, 6) is -0.946. The summed E-state index contributed by atoms with van der Waals surface area (Å²) in [6, 6.07) is 9.27. The van der Waals surface area contributed by atoms with Crippen molar-refractivity contribution in [3.63, 3.8) is 0 Å². The van der Waals surface area contributed by atoms with Crippen molar-refractivity contribution in [1.29, 1.82) is 0 Å². The zero-order valence-electron chi connectivity index (χ0n) is 6.60. The molecule has 0 bridgehead atoms. The molecule has 1 aromatic rings. The molecule has 2 aliphatic heterocycles. The second-order valence-electron chi connectivity index (χ2n) is 2.95. The molecule has 2 fully saturated rings. The summed E-state index contributed by atoms with van der Waals surface area (Å²) >= 11 is 0. The van der Waals surface area contributed by atoms with Gasteiger partial charge in [-0.3, -0.25) is 4.74 Å². The monoisotopic (exact) mass is 178 g/mol. The lowest BCUT2D eigenvalue weighted by Crippen LogP contribution is -2.12. The van der Waals surface area contributed by atoms with Crippen molar-refractivity contribution in [2.24, 2.45) is 0 Å². The number of benzene rings is 1. The molecule has 2 atom stereocenters. The maximum atomic E-state index is 10.7. The van der Waals surface area contributed by atoms with Crippen LogP contribution >= 0.6 is 0 Å². The van der Waals surface area contributed by atoms with Gasteiger partial charge in [0.25, 0.3) is 6.29 Å². The Labute approximate surface area is 74.0 Å². The van der Waals surface area contributed by atoms with Crippen molar-refractivity contribution in [3.8, 4) is 0 Å². The highest BCUT2D eigenvalue weighted by Gasteiger charge is 2.70. The first-order valence-electron chi connectivity index (χ1n) is 3.94. The summed E-state index contributed by atoms with van der Waals surface area (Å²) in [5.41, 5.74) is 0.811. The van der Waals surface area contributed by atoms with Gasteiger partial charge in [-0.15, -0.1) is 0 Å². The summed E-state index contributed by atoms with van der Waals surface area (Å²) in [6.07, 6.45) is -1.22. The third-order valence-electron chi connectivity index (χ3n) is 2.15. The molecule has 3 rings (SSSR count). The molecule has 2 heterocycles. The Bertz CT molecular complexity index is 361. The number of fused-ring (bicyclic) bond motifs is 1. The van der Waals surface area contributed by atoms with Gasteiger partial charge in [-0.1, -0.05) is 30.3 Å². The van der Waals surface area contributed by atoms with E-state index in [-0.39, 0.29) is 0 Å². The standard InChI is InChI=1S/C9H6O4/c10-8-11-7-9(12-7,13-8)6-4-2-1-3-5-6/h1-5,7H. The lowest BCUT2D eigenvalue weighted by atomic mass is 10.1. The van der Waals surface area contributed by atoms with Gasteiger partial charge >= 0.3 is 11.9 Å². The SMILES string of the molecule is O=C1OC2OC2(c2ccccc2)O1. The molecule has 2 aliphatic rings. The molecule has 0 radical (unpaired) electrons. The average Bonchev–Trinajstić information content (AvgIpc) is 2.72. The highest BCUT2D eigenvalue weighted by molar-refractivity contribution is 5.64. The molecule has 0 aromatic heterocycles. The Hall–Kier alpha value is -1.55. The maximum Gasteiger partial charge on any atom is 0.513 e. The van der Waals surface area contributed by atoms with E-state index in [9.17, 15) is 4.79 Å². The molecule has 4 heteroatoms. The molecule has 0 aliphatic carbocycles. The molecular weight excluding hydrogens is 172 g/mol. The van der Waals surface area contributed by atoms with Gasteiger partial charge in [0.15, 0.2) is 0 Å². The number of carbonyl (C=O) groups is 1. The summed E-state index contributed by atoms with van der Waals surface area (Å²) in [6.45, 7) is 0. The quantitative estimate of drug-likeness (QED) is 0.481. The average molecular weight is 178 g/mol. The summed E-state index contributed by atoms with van der Waals surface area (Å²) < 4.78 is 14.8. The van der Waals surface area contributed by atoms with Crippen LogP contribution in [0.4, 0.5) is 4.79 Å². The molecule has 4 nitrogen and oxygen atoms in total. The van der Waals surface area contributed by atoms with E-state index >= 15 is 0 Å². The number of ether oxygens (including phenoxy) is 3. The Kier molecular flexibility index (Phi) is 1.08. The molecule has 0 amide bonds. The van der Waals surface area contributed by atoms with E-state index in [4.69, 9.17) is 14.2 Å². The predicted molar refractivity (Wildman–Crippen MR) is 40.6 cm³/mol. The van der Waals surface area contributed by atoms with Crippen LogP contribution in [0.1, 0.15) is 5.56 Å². The van der Waals surface area contributed by atoms with Crippen molar-refractivity contribution in [3.05, 3.63) is 35.9 Å². The molecular formula is C9H6O4. The summed E-state index contributed by atoms with van der Waals surface area (Å²) in [7, 11) is 0. The number of hydrogen-bond donors (Lipinski definition) is 0. The van der Waals surface area contributed by atoms with Crippen LogP contribution in [0.25, 0.3) is 0 Å². The minimum absolute atomic E-state index is 0.553. The van der Waals surface area contributed by atoms with Gasteiger partial charge < -0.3 is 9.47 Å². The lowest BCUT2D eigenvalue weighted by molar-refractivity contribution is -0.0343. The van der Waals surface area contributed by atoms with Gasteiger partial charge in [0.05, 0.1) is 0 Å².